The standard InChI is InChI=1S/C12H24N3.C10H21N3O.C10H19N3.C7H7ClO2S.C7H16N2.C3H5NO.C3H8.ClH.3H3P/c1-3-13-12-14-8-7-11-15(4-2)9-5-6-10-15;1-2-11-10(14)12-6-5-9-13-7-3-4-8-13;1-2-11-10-12-6-5-9-13-7-3-4-8-13;1-6-2-4-7(5-3-6)11(8,9)10;8-4-3-7-9-5-1-2-6-9;1-2-4-3-5;1-3-2;;;;/h3-11H2,1-2H3;2-9H2,1H3,(H2,11,12,14);2-9H2,1H3;2-5H,1H3;1-8H2;2H2,1H3;3H2,1-2H3;1H;3*1H3/q+1;;;;;;;;;;. The van der Waals surface area contributed by atoms with Gasteiger partial charge in [0.2, 0.25) is 6.08 Å². The fourth-order valence-corrected chi connectivity index (χ4v) is 8.50. The molecule has 4 fully saturated rings. The maximum Gasteiger partial charge on any atom is 0.314 e. The van der Waals surface area contributed by atoms with E-state index in [2.05, 4.69) is 83.1 Å². The summed E-state index contributed by atoms with van der Waals surface area (Å²) in [4.78, 5) is 47.0. The van der Waals surface area contributed by atoms with Crippen LogP contribution in [0.3, 0.4) is 0 Å². The number of amides is 2. The van der Waals surface area contributed by atoms with E-state index in [0.29, 0.717) is 13.1 Å². The fraction of sp³-hybridized carbons (Fsp3) is 0.808. The van der Waals surface area contributed by atoms with Crippen LogP contribution in [0.5, 0.6) is 0 Å². The molecule has 4 N–H and O–H groups in total. The van der Waals surface area contributed by atoms with Gasteiger partial charge in [0.05, 0.1) is 56.2 Å². The molecule has 4 heterocycles. The van der Waals surface area contributed by atoms with Crippen LogP contribution in [0.15, 0.2) is 54.1 Å². The van der Waals surface area contributed by atoms with Crippen molar-refractivity contribution in [3.05, 3.63) is 29.8 Å². The number of isocyanates is 1. The monoisotopic (exact) mass is 1160 g/mol. The van der Waals surface area contributed by atoms with Crippen LogP contribution in [0.1, 0.15) is 138 Å². The first-order chi connectivity index (χ1) is 33.8. The molecular formula is C52H110Cl2N12O4P3S+. The summed E-state index contributed by atoms with van der Waals surface area (Å²) in [5.74, 6) is 0. The Hall–Kier alpha value is -1.75. The van der Waals surface area contributed by atoms with Gasteiger partial charge in [-0.05, 0) is 177 Å². The molecule has 1 aromatic rings. The molecule has 3 unspecified atom stereocenters. The van der Waals surface area contributed by atoms with Gasteiger partial charge in [0.25, 0.3) is 9.05 Å². The van der Waals surface area contributed by atoms with Crippen molar-refractivity contribution in [2.45, 2.75) is 144 Å². The second kappa shape index (κ2) is 60.5. The van der Waals surface area contributed by atoms with Gasteiger partial charge in [-0.3, -0.25) is 0 Å². The zero-order valence-corrected chi connectivity index (χ0v) is 54.5. The minimum Gasteiger partial charge on any atom is -0.338 e. The number of carbonyl (C=O) groups is 1. The average molecular weight is 1160 g/mol. The Bertz CT molecular complexity index is 1670. The van der Waals surface area contributed by atoms with Crippen molar-refractivity contribution in [3.63, 3.8) is 0 Å². The minimum atomic E-state index is -3.55. The van der Waals surface area contributed by atoms with E-state index < -0.39 is 9.05 Å². The number of nitrogens with two attached hydrogens (primary N) is 1. The number of hydrogen-bond donors (Lipinski definition) is 3. The number of nitrogens with zero attached hydrogens (tertiary/aromatic N) is 9. The lowest BCUT2D eigenvalue weighted by Gasteiger charge is -2.32. The van der Waals surface area contributed by atoms with E-state index in [4.69, 9.17) is 21.2 Å². The van der Waals surface area contributed by atoms with Crippen LogP contribution in [-0.2, 0) is 13.8 Å². The minimum absolute atomic E-state index is 0. The smallest absolute Gasteiger partial charge is 0.314 e. The zero-order chi connectivity index (χ0) is 52.4. The second-order valence-electron chi connectivity index (χ2n) is 17.6. The number of quaternary nitrogens is 1. The first-order valence-corrected chi connectivity index (χ1v) is 29.1. The van der Waals surface area contributed by atoms with Gasteiger partial charge in [-0.1, -0.05) is 38.0 Å². The van der Waals surface area contributed by atoms with E-state index in [1.807, 2.05) is 27.7 Å². The number of aliphatic imine (C=N–C) groups is 5. The van der Waals surface area contributed by atoms with Crippen molar-refractivity contribution in [1.82, 2.24) is 25.3 Å². The molecule has 0 aromatic heterocycles. The molecule has 4 aliphatic rings. The largest absolute Gasteiger partial charge is 0.338 e. The number of hydrogen-bond acceptors (Lipinski definition) is 13. The summed E-state index contributed by atoms with van der Waals surface area (Å²) in [5.41, 5.74) is 6.39. The van der Waals surface area contributed by atoms with E-state index in [0.717, 1.165) is 64.2 Å². The van der Waals surface area contributed by atoms with Gasteiger partial charge < -0.3 is 35.6 Å². The molecular weight excluding hydrogens is 1050 g/mol. The highest BCUT2D eigenvalue weighted by Crippen LogP contribution is 2.19. The molecule has 436 valence electrons. The predicted molar refractivity (Wildman–Crippen MR) is 336 cm³/mol. The first kappa shape index (κ1) is 83.6. The Morgan fingerprint density at radius 1 is 0.649 bits per heavy atom. The summed E-state index contributed by atoms with van der Waals surface area (Å²) in [5, 5.41) is 5.54. The Morgan fingerprint density at radius 2 is 1.07 bits per heavy atom. The number of carbonyl (C=O) groups excluding carboxylic acids is 2. The van der Waals surface area contributed by atoms with Gasteiger partial charge in [0.15, 0.2) is 0 Å². The van der Waals surface area contributed by atoms with Gasteiger partial charge in [0, 0.05) is 62.7 Å². The molecule has 0 aliphatic carbocycles. The third kappa shape index (κ3) is 52.3. The van der Waals surface area contributed by atoms with Crippen molar-refractivity contribution >= 4 is 86.0 Å². The van der Waals surface area contributed by atoms with Crippen LogP contribution in [0.4, 0.5) is 4.79 Å². The Morgan fingerprint density at radius 3 is 1.43 bits per heavy atom. The van der Waals surface area contributed by atoms with Gasteiger partial charge in [0.1, 0.15) is 0 Å². The first-order valence-electron chi connectivity index (χ1n) is 26.8. The van der Waals surface area contributed by atoms with Gasteiger partial charge >= 0.3 is 6.03 Å². The molecule has 1 aromatic carbocycles. The SMILES string of the molecule is CCC.CCN=C=NCCCN1CCCC1.CCN=C=NCCC[N+]1(CC)CCCC1.CCN=C=O.CCNC(=O)NCCCN1CCCC1.Cc1ccc(S(=O)(=O)Cl)cc1.Cl.NCCCN1CCCC1.P.P.P. The number of likely N-dealkylation sites (tertiary alicyclic amines) is 4. The number of halogens is 2. The van der Waals surface area contributed by atoms with E-state index in [1.54, 1.807) is 19.1 Å². The predicted octanol–water partition coefficient (Wildman–Crippen LogP) is 9.37. The second-order valence-corrected chi connectivity index (χ2v) is 20.2. The van der Waals surface area contributed by atoms with E-state index in [9.17, 15) is 13.2 Å². The summed E-state index contributed by atoms with van der Waals surface area (Å²) in [6, 6.07) is 11.8. The van der Waals surface area contributed by atoms with Crippen molar-refractivity contribution in [1.29, 1.82) is 0 Å². The topological polar surface area (TPSA) is 190 Å². The van der Waals surface area contributed by atoms with E-state index >= 15 is 0 Å². The van der Waals surface area contributed by atoms with Crippen molar-refractivity contribution in [2.24, 2.45) is 30.7 Å². The molecule has 0 bridgehead atoms. The molecule has 22 heteroatoms. The molecule has 16 nitrogen and oxygen atoms in total. The summed E-state index contributed by atoms with van der Waals surface area (Å²) in [6.07, 6.45) is 18.2. The zero-order valence-electron chi connectivity index (χ0n) is 47.9. The van der Waals surface area contributed by atoms with Gasteiger partial charge in [-0.15, -0.1) is 12.4 Å². The molecule has 0 radical (unpaired) electrons. The summed E-state index contributed by atoms with van der Waals surface area (Å²) >= 11 is 0. The van der Waals surface area contributed by atoms with Crippen LogP contribution in [0.2, 0.25) is 0 Å². The maximum atomic E-state index is 11.0. The molecule has 0 spiro atoms. The molecule has 5 rings (SSSR count). The highest BCUT2D eigenvalue weighted by atomic mass is 35.7. The maximum absolute atomic E-state index is 11.0. The van der Waals surface area contributed by atoms with Crippen LogP contribution < -0.4 is 16.4 Å². The number of benzene rings is 1. The van der Waals surface area contributed by atoms with Crippen molar-refractivity contribution in [3.8, 4) is 0 Å². The molecule has 2 amide bonds. The highest BCUT2D eigenvalue weighted by Gasteiger charge is 2.29. The Balaban J connectivity index is -0.000000187. The normalized spacial score (nSPS) is 14.8. The molecule has 3 atom stereocenters. The lowest BCUT2D eigenvalue weighted by atomic mass is 10.2. The molecule has 0 saturated carbocycles. The average Bonchev–Trinajstić information content (AvgIpc) is 4.22. The third-order valence-corrected chi connectivity index (χ3v) is 12.9. The van der Waals surface area contributed by atoms with Gasteiger partial charge in [-0.2, -0.15) is 29.7 Å². The highest BCUT2D eigenvalue weighted by molar-refractivity contribution is 8.13. The number of nitrogens with one attached hydrogen (secondary N) is 2. The van der Waals surface area contributed by atoms with Gasteiger partial charge in [-0.25, -0.2) is 43.0 Å². The van der Waals surface area contributed by atoms with Crippen LogP contribution >= 0.6 is 52.8 Å². The van der Waals surface area contributed by atoms with Crippen LogP contribution in [-0.4, -0.2) is 189 Å². The van der Waals surface area contributed by atoms with Crippen LogP contribution in [0, 0.1) is 6.92 Å². The molecule has 4 aliphatic heterocycles. The van der Waals surface area contributed by atoms with Crippen molar-refractivity contribution in [2.75, 3.05) is 137 Å². The Labute approximate surface area is 473 Å². The summed E-state index contributed by atoms with van der Waals surface area (Å²) in [7, 11) is 1.54. The quantitative estimate of drug-likeness (QED) is 0.0271. The van der Waals surface area contributed by atoms with Crippen LogP contribution in [0.25, 0.3) is 0 Å². The fourth-order valence-electron chi connectivity index (χ4n) is 7.73. The lowest BCUT2D eigenvalue weighted by molar-refractivity contribution is -0.915. The number of rotatable bonds is 21. The molecule has 74 heavy (non-hydrogen) atoms. The number of aryl methyl sites for hydroxylation is 1. The number of urea groups is 1. The lowest BCUT2D eigenvalue weighted by Crippen LogP contribution is -2.45. The summed E-state index contributed by atoms with van der Waals surface area (Å²) < 4.78 is 22.7. The third-order valence-electron chi connectivity index (χ3n) is 11.5. The molecule has 4 saturated heterocycles. The van der Waals surface area contributed by atoms with Crippen molar-refractivity contribution < 1.29 is 22.5 Å². The summed E-state index contributed by atoms with van der Waals surface area (Å²) in [6.45, 7) is 38.9. The van der Waals surface area contributed by atoms with E-state index in [1.165, 1.54) is 172 Å². The Kier molecular flexibility index (Phi) is 68.3. The van der Waals surface area contributed by atoms with E-state index in [-0.39, 0.29) is 53.0 Å².